The van der Waals surface area contributed by atoms with Crippen LogP contribution in [0.15, 0.2) is 0 Å². The van der Waals surface area contributed by atoms with E-state index in [-0.39, 0.29) is 30.3 Å². The van der Waals surface area contributed by atoms with Crippen LogP contribution in [0.3, 0.4) is 0 Å². The van der Waals surface area contributed by atoms with Crippen LogP contribution in [-0.2, 0) is 9.53 Å². The van der Waals surface area contributed by atoms with E-state index >= 15 is 0 Å². The third-order valence-electron chi connectivity index (χ3n) is 3.49. The van der Waals surface area contributed by atoms with Gasteiger partial charge in [-0.15, -0.1) is 12.4 Å². The second kappa shape index (κ2) is 8.72. The largest absolute Gasteiger partial charge is 0.382 e. The summed E-state index contributed by atoms with van der Waals surface area (Å²) in [6.45, 7) is 4.43. The highest BCUT2D eigenvalue weighted by atomic mass is 35.5. The Bertz CT molecular complexity index is 219. The lowest BCUT2D eigenvalue weighted by Crippen LogP contribution is -2.39. The minimum absolute atomic E-state index is 0. The Morgan fingerprint density at radius 1 is 1.41 bits per heavy atom. The second-order valence-corrected chi connectivity index (χ2v) is 4.63. The van der Waals surface area contributed by atoms with Crippen LogP contribution in [0.1, 0.15) is 39.0 Å². The molecule has 1 amide bonds. The lowest BCUT2D eigenvalue weighted by molar-refractivity contribution is -0.120. The molecule has 5 heteroatoms. The van der Waals surface area contributed by atoms with Gasteiger partial charge in [-0.25, -0.2) is 0 Å². The van der Waals surface area contributed by atoms with Crippen LogP contribution >= 0.6 is 12.4 Å². The van der Waals surface area contributed by atoms with E-state index in [2.05, 4.69) is 5.32 Å². The molecule has 0 spiro atoms. The van der Waals surface area contributed by atoms with E-state index in [0.29, 0.717) is 0 Å². The van der Waals surface area contributed by atoms with Gasteiger partial charge < -0.3 is 15.8 Å². The predicted molar refractivity (Wildman–Crippen MR) is 71.3 cm³/mol. The Kier molecular flexibility index (Phi) is 8.56. The molecule has 0 aromatic heterocycles. The molecule has 1 saturated carbocycles. The molecule has 3 N–H and O–H groups in total. The van der Waals surface area contributed by atoms with E-state index in [4.69, 9.17) is 10.5 Å². The molecule has 0 saturated heterocycles. The van der Waals surface area contributed by atoms with Gasteiger partial charge in [-0.3, -0.25) is 4.79 Å². The molecule has 0 atom stereocenters. The van der Waals surface area contributed by atoms with Crippen LogP contribution in [0.4, 0.5) is 0 Å². The maximum atomic E-state index is 11.2. The Hall–Kier alpha value is -0.320. The molecule has 0 unspecified atom stereocenters. The molecule has 0 aromatic carbocycles. The van der Waals surface area contributed by atoms with Crippen molar-refractivity contribution in [3.05, 3.63) is 0 Å². The number of nitrogens with one attached hydrogen (secondary N) is 1. The van der Waals surface area contributed by atoms with Gasteiger partial charge in [0.15, 0.2) is 0 Å². The van der Waals surface area contributed by atoms with E-state index in [1.807, 2.05) is 6.92 Å². The Balaban J connectivity index is 0.00000256. The molecule has 0 aromatic rings. The molecule has 0 aliphatic heterocycles. The highest BCUT2D eigenvalue weighted by molar-refractivity contribution is 5.85. The number of rotatable bonds is 7. The van der Waals surface area contributed by atoms with Crippen molar-refractivity contribution in [2.45, 2.75) is 39.0 Å². The molecule has 0 heterocycles. The maximum Gasteiger partial charge on any atom is 0.233 e. The summed E-state index contributed by atoms with van der Waals surface area (Å²) >= 11 is 0. The molecular formula is C12H25ClN2O2. The molecular weight excluding hydrogens is 240 g/mol. The summed E-state index contributed by atoms with van der Waals surface area (Å²) < 4.78 is 5.42. The fourth-order valence-corrected chi connectivity index (χ4v) is 2.43. The summed E-state index contributed by atoms with van der Waals surface area (Å²) in [5.41, 5.74) is 5.55. The summed E-state index contributed by atoms with van der Waals surface area (Å²) in [5.74, 6) is -0.0531. The molecule has 0 bridgehead atoms. The first-order valence-electron chi connectivity index (χ1n) is 6.27. The van der Waals surface area contributed by atoms with Gasteiger partial charge in [-0.05, 0) is 31.6 Å². The van der Waals surface area contributed by atoms with Gasteiger partial charge in [0.05, 0.1) is 6.54 Å². The topological polar surface area (TPSA) is 64.3 Å². The average Bonchev–Trinajstić information content (AvgIpc) is 2.76. The number of hydrogen-bond donors (Lipinski definition) is 2. The highest BCUT2D eigenvalue weighted by Crippen LogP contribution is 2.40. The zero-order chi connectivity index (χ0) is 11.9. The Labute approximate surface area is 110 Å². The van der Waals surface area contributed by atoms with Crippen LogP contribution in [0.5, 0.6) is 0 Å². The van der Waals surface area contributed by atoms with Gasteiger partial charge in [0, 0.05) is 19.8 Å². The van der Waals surface area contributed by atoms with Gasteiger partial charge in [-0.2, -0.15) is 0 Å². The van der Waals surface area contributed by atoms with Crippen molar-refractivity contribution >= 4 is 18.3 Å². The standard InChI is InChI=1S/C12H24N2O2.ClH/c1-2-16-8-7-12(5-3-4-6-12)10-14-11(15)9-13;/h2-10,13H2,1H3,(H,14,15);1H. The van der Waals surface area contributed by atoms with Gasteiger partial charge in [0.25, 0.3) is 0 Å². The molecule has 102 valence electrons. The van der Waals surface area contributed by atoms with Crippen molar-refractivity contribution in [1.82, 2.24) is 5.32 Å². The second-order valence-electron chi connectivity index (χ2n) is 4.63. The molecule has 1 fully saturated rings. The minimum atomic E-state index is -0.0531. The number of halogens is 1. The molecule has 1 rings (SSSR count). The number of carbonyl (C=O) groups is 1. The summed E-state index contributed by atoms with van der Waals surface area (Å²) in [5, 5.41) is 2.92. The van der Waals surface area contributed by atoms with E-state index in [9.17, 15) is 4.79 Å². The van der Waals surface area contributed by atoms with Gasteiger partial charge in [-0.1, -0.05) is 12.8 Å². The summed E-state index contributed by atoms with van der Waals surface area (Å²) in [4.78, 5) is 11.2. The first-order chi connectivity index (χ1) is 7.72. The van der Waals surface area contributed by atoms with Crippen LogP contribution in [0.25, 0.3) is 0 Å². The number of carbonyl (C=O) groups excluding carboxylic acids is 1. The summed E-state index contributed by atoms with van der Waals surface area (Å²) in [7, 11) is 0. The lowest BCUT2D eigenvalue weighted by Gasteiger charge is -2.29. The number of amides is 1. The molecule has 4 nitrogen and oxygen atoms in total. The lowest BCUT2D eigenvalue weighted by atomic mass is 9.83. The summed E-state index contributed by atoms with van der Waals surface area (Å²) in [6, 6.07) is 0. The van der Waals surface area contributed by atoms with Crippen molar-refractivity contribution in [1.29, 1.82) is 0 Å². The fourth-order valence-electron chi connectivity index (χ4n) is 2.43. The van der Waals surface area contributed by atoms with Gasteiger partial charge in [0.2, 0.25) is 5.91 Å². The smallest absolute Gasteiger partial charge is 0.233 e. The Morgan fingerprint density at radius 2 is 2.06 bits per heavy atom. The molecule has 0 radical (unpaired) electrons. The van der Waals surface area contributed by atoms with Gasteiger partial charge in [0.1, 0.15) is 0 Å². The molecule has 1 aliphatic carbocycles. The minimum Gasteiger partial charge on any atom is -0.382 e. The SMILES string of the molecule is CCOCCC1(CNC(=O)CN)CCCC1.Cl. The number of nitrogens with two attached hydrogens (primary N) is 1. The van der Waals surface area contributed by atoms with E-state index < -0.39 is 0 Å². The van der Waals surface area contributed by atoms with E-state index in [0.717, 1.165) is 26.2 Å². The zero-order valence-corrected chi connectivity index (χ0v) is 11.5. The van der Waals surface area contributed by atoms with Crippen LogP contribution in [-0.4, -0.2) is 32.2 Å². The van der Waals surface area contributed by atoms with Crippen molar-refractivity contribution < 1.29 is 9.53 Å². The first-order valence-corrected chi connectivity index (χ1v) is 6.27. The molecule has 1 aliphatic rings. The van der Waals surface area contributed by atoms with E-state index in [1.54, 1.807) is 0 Å². The highest BCUT2D eigenvalue weighted by Gasteiger charge is 2.33. The predicted octanol–water partition coefficient (Wildman–Crippen LogP) is 1.47. The normalized spacial score (nSPS) is 17.5. The third-order valence-corrected chi connectivity index (χ3v) is 3.49. The van der Waals surface area contributed by atoms with Crippen LogP contribution in [0.2, 0.25) is 0 Å². The molecule has 17 heavy (non-hydrogen) atoms. The van der Waals surface area contributed by atoms with Crippen LogP contribution in [0, 0.1) is 5.41 Å². The van der Waals surface area contributed by atoms with E-state index in [1.165, 1.54) is 25.7 Å². The summed E-state index contributed by atoms with van der Waals surface area (Å²) in [6.07, 6.45) is 5.98. The number of hydrogen-bond acceptors (Lipinski definition) is 3. The first kappa shape index (κ1) is 16.7. The van der Waals surface area contributed by atoms with Crippen LogP contribution < -0.4 is 11.1 Å². The quantitative estimate of drug-likeness (QED) is 0.685. The monoisotopic (exact) mass is 264 g/mol. The number of ether oxygens (including phenoxy) is 1. The van der Waals surface area contributed by atoms with Crippen molar-refractivity contribution in [3.8, 4) is 0 Å². The Morgan fingerprint density at radius 3 is 2.59 bits per heavy atom. The third kappa shape index (κ3) is 5.70. The fraction of sp³-hybridized carbons (Fsp3) is 0.917. The van der Waals surface area contributed by atoms with Crippen molar-refractivity contribution in [2.24, 2.45) is 11.1 Å². The van der Waals surface area contributed by atoms with Crippen molar-refractivity contribution in [2.75, 3.05) is 26.3 Å². The maximum absolute atomic E-state index is 11.2. The van der Waals surface area contributed by atoms with Gasteiger partial charge >= 0.3 is 0 Å². The van der Waals surface area contributed by atoms with Crippen molar-refractivity contribution in [3.63, 3.8) is 0 Å². The average molecular weight is 265 g/mol. The zero-order valence-electron chi connectivity index (χ0n) is 10.7.